The van der Waals surface area contributed by atoms with Crippen LogP contribution in [0.1, 0.15) is 76.6 Å². The predicted octanol–water partition coefficient (Wildman–Crippen LogP) is 13.2. The fourth-order valence-electron chi connectivity index (χ4n) is 10.7. The van der Waals surface area contributed by atoms with E-state index < -0.39 is 0 Å². The molecule has 6 aromatic carbocycles. The summed E-state index contributed by atoms with van der Waals surface area (Å²) in [5, 5.41) is 4.92. The summed E-state index contributed by atoms with van der Waals surface area (Å²) in [6, 6.07) is 43.6. The van der Waals surface area contributed by atoms with Crippen molar-refractivity contribution < 1.29 is 23.6 Å². The normalized spacial score (nSPS) is 17.4. The highest BCUT2D eigenvalue weighted by molar-refractivity contribution is 6.08. The average molecular weight is 875 g/mol. The molecule has 2 heterocycles. The van der Waals surface area contributed by atoms with E-state index in [1.54, 1.807) is 0 Å². The number of carbonyl (C=O) groups is 2. The molecule has 0 amide bonds. The first kappa shape index (κ1) is 44.2. The number of hydrogen-bond acceptors (Lipinski definition) is 6. The van der Waals surface area contributed by atoms with Crippen molar-refractivity contribution in [3.8, 4) is 0 Å². The van der Waals surface area contributed by atoms with Gasteiger partial charge in [-0.1, -0.05) is 116 Å². The van der Waals surface area contributed by atoms with E-state index in [1.807, 2.05) is 0 Å². The zero-order chi connectivity index (χ0) is 46.3. The maximum Gasteiger partial charge on any atom is 0.302 e. The van der Waals surface area contributed by atoms with Gasteiger partial charge in [0.25, 0.3) is 0 Å². The lowest BCUT2D eigenvalue weighted by molar-refractivity contribution is -0.440. The highest BCUT2D eigenvalue weighted by Crippen LogP contribution is 2.52. The van der Waals surface area contributed by atoms with Gasteiger partial charge in [0.1, 0.15) is 6.61 Å². The topological polar surface area (TPSA) is 62.1 Å². The van der Waals surface area contributed by atoms with Crippen LogP contribution in [-0.4, -0.2) is 48.5 Å². The molecule has 0 spiro atoms. The lowest BCUT2D eigenvalue weighted by Gasteiger charge is -2.29. The van der Waals surface area contributed by atoms with Crippen LogP contribution in [0.15, 0.2) is 168 Å². The van der Waals surface area contributed by atoms with E-state index >= 15 is 0 Å². The van der Waals surface area contributed by atoms with Crippen molar-refractivity contribution in [2.24, 2.45) is 0 Å². The van der Waals surface area contributed by atoms with Gasteiger partial charge < -0.3 is 19.3 Å². The smallest absolute Gasteiger partial charge is 0.302 e. The van der Waals surface area contributed by atoms with Crippen LogP contribution in [0.3, 0.4) is 0 Å². The second-order valence-electron chi connectivity index (χ2n) is 18.9. The van der Waals surface area contributed by atoms with Crippen molar-refractivity contribution in [3.63, 3.8) is 0 Å². The summed E-state index contributed by atoms with van der Waals surface area (Å²) in [4.78, 5) is 28.8. The van der Waals surface area contributed by atoms with Crippen molar-refractivity contribution in [1.82, 2.24) is 0 Å². The number of anilines is 3. The Bertz CT molecular complexity index is 3020. The van der Waals surface area contributed by atoms with Crippen LogP contribution in [0.25, 0.3) is 21.5 Å². The fraction of sp³-hybridized carbons (Fsp3) is 0.271. The Balaban J connectivity index is 1.21. The molecular weight excluding hydrogens is 815 g/mol. The van der Waals surface area contributed by atoms with Gasteiger partial charge in [-0.25, -0.2) is 0 Å². The molecule has 0 N–H and O–H groups in total. The molecule has 0 fully saturated rings. The average Bonchev–Trinajstić information content (AvgIpc) is 3.86. The van der Waals surface area contributed by atoms with Crippen LogP contribution in [0.2, 0.25) is 0 Å². The van der Waals surface area contributed by atoms with E-state index in [4.69, 9.17) is 9.47 Å². The third kappa shape index (κ3) is 8.16. The van der Waals surface area contributed by atoms with Gasteiger partial charge in [0.15, 0.2) is 18.9 Å². The molecule has 6 aromatic rings. The largest absolute Gasteiger partial charge is 0.464 e. The molecular formula is C59H60N3O4+. The van der Waals surface area contributed by atoms with Gasteiger partial charge in [-0.05, 0) is 121 Å². The molecule has 2 aliphatic heterocycles. The standard InChI is InChI=1S/C59H60N3O4/c1-39-19-27-49-45(37-39)23-29-51-55(49)58(5,6)53(60(51)33-35-65-41(3)63)31-25-43-21-22-44(57(43)62(47-15-11-9-12-16-47)48-17-13-10-14-18-48)26-32-54-59(7,8)56-50-28-20-40(2)38-46(50)24-30-52(56)61(54)34-36-66-42(4)64/h9-20,23-32,37-38H,21-22,33-36H2,1-8H3/q+1. The molecule has 7 heteroatoms. The first-order chi connectivity index (χ1) is 31.7. The molecule has 0 aromatic heterocycles. The van der Waals surface area contributed by atoms with Crippen molar-refractivity contribution in [2.45, 2.75) is 79.1 Å². The Labute approximate surface area is 389 Å². The summed E-state index contributed by atoms with van der Waals surface area (Å²) < 4.78 is 13.5. The Morgan fingerprint density at radius 2 is 1.26 bits per heavy atom. The van der Waals surface area contributed by atoms with Crippen molar-refractivity contribution in [3.05, 3.63) is 190 Å². The summed E-state index contributed by atoms with van der Waals surface area (Å²) >= 11 is 0. The molecule has 0 saturated carbocycles. The maximum atomic E-state index is 12.0. The van der Waals surface area contributed by atoms with E-state index in [2.05, 4.69) is 202 Å². The number of ether oxygens (including phenoxy) is 2. The molecule has 1 aliphatic carbocycles. The minimum absolute atomic E-state index is 0.280. The van der Waals surface area contributed by atoms with Gasteiger partial charge in [-0.15, -0.1) is 0 Å². The SMILES string of the molecule is CC(=O)OCCN1/C(=C/C=C2\CCC(/C=C/C3=[N+](CCOC(C)=O)c4ccc5cc(C)ccc5c4C3(C)C)=C2N(c2ccccc2)c2ccccc2)C(C)(C)c2c1ccc1cc(C)ccc21. The number of hydrogen-bond donors (Lipinski definition) is 0. The second-order valence-corrected chi connectivity index (χ2v) is 18.9. The minimum Gasteiger partial charge on any atom is -0.464 e. The van der Waals surface area contributed by atoms with Crippen molar-refractivity contribution in [1.29, 1.82) is 0 Å². The number of nitrogens with zero attached hydrogens (tertiary/aromatic N) is 3. The van der Waals surface area contributed by atoms with Gasteiger partial charge in [0.2, 0.25) is 5.69 Å². The highest BCUT2D eigenvalue weighted by atomic mass is 16.5. The number of rotatable bonds is 12. The molecule has 66 heavy (non-hydrogen) atoms. The van der Waals surface area contributed by atoms with E-state index in [1.165, 1.54) is 68.8 Å². The molecule has 0 bridgehead atoms. The van der Waals surface area contributed by atoms with Gasteiger partial charge in [-0.3, -0.25) is 9.59 Å². The minimum atomic E-state index is -0.348. The van der Waals surface area contributed by atoms with Gasteiger partial charge in [0, 0.05) is 59.7 Å². The van der Waals surface area contributed by atoms with E-state index in [9.17, 15) is 9.59 Å². The van der Waals surface area contributed by atoms with E-state index in [0.29, 0.717) is 13.1 Å². The number of allylic oxidation sites excluding steroid dienone is 7. The molecule has 0 atom stereocenters. The number of carbonyl (C=O) groups excluding carboxylic acids is 2. The third-order valence-electron chi connectivity index (χ3n) is 13.7. The molecule has 0 radical (unpaired) electrons. The number of fused-ring (bicyclic) bond motifs is 6. The summed E-state index contributed by atoms with van der Waals surface area (Å²) in [6.07, 6.45) is 11.0. The van der Waals surface area contributed by atoms with Crippen LogP contribution < -0.4 is 9.80 Å². The van der Waals surface area contributed by atoms with Gasteiger partial charge in [0.05, 0.1) is 17.7 Å². The predicted molar refractivity (Wildman–Crippen MR) is 270 cm³/mol. The quantitative estimate of drug-likeness (QED) is 0.0902. The molecule has 7 nitrogen and oxygen atoms in total. The number of esters is 2. The van der Waals surface area contributed by atoms with Crippen LogP contribution in [0.4, 0.5) is 22.7 Å². The fourth-order valence-corrected chi connectivity index (χ4v) is 10.7. The van der Waals surface area contributed by atoms with Crippen LogP contribution in [-0.2, 0) is 29.9 Å². The molecule has 0 unspecified atom stereocenters. The van der Waals surface area contributed by atoms with Gasteiger partial charge in [-0.2, -0.15) is 4.58 Å². The molecule has 334 valence electrons. The van der Waals surface area contributed by atoms with E-state index in [-0.39, 0.29) is 36.0 Å². The summed E-state index contributed by atoms with van der Waals surface area (Å²) in [7, 11) is 0. The second kappa shape index (κ2) is 17.8. The zero-order valence-electron chi connectivity index (χ0n) is 39.6. The summed E-state index contributed by atoms with van der Waals surface area (Å²) in [6.45, 7) is 18.1. The van der Waals surface area contributed by atoms with Crippen molar-refractivity contribution >= 4 is 61.9 Å². The van der Waals surface area contributed by atoms with Crippen LogP contribution in [0.5, 0.6) is 0 Å². The summed E-state index contributed by atoms with van der Waals surface area (Å²) in [5.74, 6) is -0.560. The summed E-state index contributed by atoms with van der Waals surface area (Å²) in [5.41, 5.74) is 14.7. The lowest BCUT2D eigenvalue weighted by atomic mass is 9.78. The van der Waals surface area contributed by atoms with Crippen LogP contribution >= 0.6 is 0 Å². The lowest BCUT2D eigenvalue weighted by Crippen LogP contribution is -2.29. The monoisotopic (exact) mass is 874 g/mol. The molecule has 0 saturated heterocycles. The zero-order valence-corrected chi connectivity index (χ0v) is 39.6. The third-order valence-corrected chi connectivity index (χ3v) is 13.7. The van der Waals surface area contributed by atoms with Gasteiger partial charge >= 0.3 is 11.9 Å². The number of aryl methyl sites for hydroxylation is 2. The number of benzene rings is 6. The number of para-hydroxylation sites is 2. The Hall–Kier alpha value is -6.99. The van der Waals surface area contributed by atoms with Crippen LogP contribution in [0, 0.1) is 13.8 Å². The first-order valence-electron chi connectivity index (χ1n) is 23.2. The molecule has 3 aliphatic rings. The highest BCUT2D eigenvalue weighted by Gasteiger charge is 2.46. The molecule has 9 rings (SSSR count). The Morgan fingerprint density at radius 1 is 0.667 bits per heavy atom. The maximum absolute atomic E-state index is 12.0. The van der Waals surface area contributed by atoms with E-state index in [0.717, 1.165) is 52.7 Å². The van der Waals surface area contributed by atoms with Crippen molar-refractivity contribution in [2.75, 3.05) is 36.1 Å². The Kier molecular flexibility index (Phi) is 11.9. The first-order valence-corrected chi connectivity index (χ1v) is 23.2. The Morgan fingerprint density at radius 3 is 1.88 bits per heavy atom.